The molecule has 0 saturated heterocycles. The van der Waals surface area contributed by atoms with Gasteiger partial charge in [-0.1, -0.05) is 17.7 Å². The van der Waals surface area contributed by atoms with Gasteiger partial charge in [-0.25, -0.2) is 4.98 Å². The lowest BCUT2D eigenvalue weighted by atomic mass is 10.0. The highest BCUT2D eigenvalue weighted by Crippen LogP contribution is 2.38. The molecule has 0 amide bonds. The van der Waals surface area contributed by atoms with Crippen LogP contribution in [0.2, 0.25) is 5.02 Å². The Hall–Kier alpha value is -2.07. The Bertz CT molecular complexity index is 858. The van der Waals surface area contributed by atoms with Crippen LogP contribution in [0.15, 0.2) is 24.5 Å². The van der Waals surface area contributed by atoms with Crippen molar-refractivity contribution in [3.8, 4) is 0 Å². The van der Waals surface area contributed by atoms with Crippen molar-refractivity contribution >= 4 is 17.5 Å². The molecule has 2 heterocycles. The van der Waals surface area contributed by atoms with E-state index in [9.17, 15) is 31.1 Å². The summed E-state index contributed by atoms with van der Waals surface area (Å²) in [5, 5.41) is 1.45. The molecule has 4 nitrogen and oxygen atoms in total. The van der Waals surface area contributed by atoms with Gasteiger partial charge in [0.2, 0.25) is 0 Å². The maximum absolute atomic E-state index is 13.1. The number of carbonyl (C=O) groups is 1. The van der Waals surface area contributed by atoms with E-state index in [4.69, 9.17) is 11.6 Å². The predicted molar refractivity (Wildman–Crippen MR) is 78.9 cm³/mol. The Labute approximate surface area is 147 Å². The minimum atomic E-state index is -4.77. The fourth-order valence-electron chi connectivity index (χ4n) is 2.80. The molecular weight excluding hydrogens is 388 g/mol. The fourth-order valence-corrected chi connectivity index (χ4v) is 3.11. The summed E-state index contributed by atoms with van der Waals surface area (Å²) in [4.78, 5) is 16.3. The van der Waals surface area contributed by atoms with Gasteiger partial charge < -0.3 is 5.32 Å². The number of alkyl halides is 6. The van der Waals surface area contributed by atoms with Crippen LogP contribution in [-0.4, -0.2) is 28.2 Å². The number of hydrogen-bond acceptors (Lipinski definition) is 3. The second-order valence-electron chi connectivity index (χ2n) is 5.60. The maximum atomic E-state index is 13.1. The van der Waals surface area contributed by atoms with Crippen LogP contribution < -0.4 is 5.32 Å². The number of aromatic nitrogens is 2. The number of carbonyl (C=O) groups excluding carboxylic acids is 1. The van der Waals surface area contributed by atoms with Crippen LogP contribution >= 0.6 is 11.6 Å². The summed E-state index contributed by atoms with van der Waals surface area (Å²) in [5.74, 6) is -0.974. The van der Waals surface area contributed by atoms with Crippen molar-refractivity contribution in [1.29, 1.82) is 0 Å². The van der Waals surface area contributed by atoms with Crippen molar-refractivity contribution in [1.82, 2.24) is 14.9 Å². The zero-order valence-corrected chi connectivity index (χ0v) is 13.5. The van der Waals surface area contributed by atoms with Gasteiger partial charge in [-0.3, -0.25) is 9.36 Å². The van der Waals surface area contributed by atoms with E-state index in [1.807, 2.05) is 0 Å². The second kappa shape index (κ2) is 6.27. The highest BCUT2D eigenvalue weighted by molar-refractivity contribution is 6.34. The lowest BCUT2D eigenvalue weighted by Gasteiger charge is -2.25. The summed E-state index contributed by atoms with van der Waals surface area (Å²) in [6.07, 6.45) is -8.46. The molecule has 1 aromatic carbocycles. The summed E-state index contributed by atoms with van der Waals surface area (Å²) >= 11 is 5.72. The number of nitrogens with zero attached hydrogens (tertiary/aromatic N) is 2. The molecule has 3 rings (SSSR count). The standard InChI is InChI=1S/C15H10ClF6N3O/c16-10-7(2-1-3-8(10)14(17,18)19)13(26)25-6-24-11-9(25)4-5-23-12(11)15(20,21)22/h1-3,6,12,23H,4-5H2. The molecule has 2 aromatic rings. The van der Waals surface area contributed by atoms with E-state index >= 15 is 0 Å². The fraction of sp³-hybridized carbons (Fsp3) is 0.333. The first-order valence-corrected chi connectivity index (χ1v) is 7.66. The first-order valence-electron chi connectivity index (χ1n) is 7.28. The molecule has 1 atom stereocenters. The van der Waals surface area contributed by atoms with Crippen LogP contribution in [0.4, 0.5) is 26.3 Å². The van der Waals surface area contributed by atoms with E-state index < -0.39 is 40.5 Å². The first-order chi connectivity index (χ1) is 12.0. The quantitative estimate of drug-likeness (QED) is 0.740. The third-order valence-electron chi connectivity index (χ3n) is 3.96. The molecule has 1 aliphatic heterocycles. The molecule has 0 fully saturated rings. The summed E-state index contributed by atoms with van der Waals surface area (Å²) in [7, 11) is 0. The Morgan fingerprint density at radius 2 is 1.92 bits per heavy atom. The largest absolute Gasteiger partial charge is 0.417 e. The summed E-state index contributed by atoms with van der Waals surface area (Å²) in [6, 6.07) is 0.754. The number of nitrogens with one attached hydrogen (secondary N) is 1. The second-order valence-corrected chi connectivity index (χ2v) is 5.97. The summed E-state index contributed by atoms with van der Waals surface area (Å²) in [6.45, 7) is -0.0630. The van der Waals surface area contributed by atoms with Crippen molar-refractivity contribution in [3.05, 3.63) is 52.1 Å². The van der Waals surface area contributed by atoms with Crippen molar-refractivity contribution in [2.24, 2.45) is 0 Å². The van der Waals surface area contributed by atoms with Gasteiger partial charge in [-0.15, -0.1) is 0 Å². The molecule has 26 heavy (non-hydrogen) atoms. The zero-order chi connectivity index (χ0) is 19.3. The molecule has 1 N–H and O–H groups in total. The van der Waals surface area contributed by atoms with Crippen LogP contribution in [0.1, 0.15) is 33.4 Å². The SMILES string of the molecule is O=C(c1cccc(C(F)(F)F)c1Cl)n1cnc2c1CCNC2C(F)(F)F. The average molecular weight is 398 g/mol. The number of halogens is 7. The number of benzene rings is 1. The molecule has 0 saturated carbocycles. The highest BCUT2D eigenvalue weighted by atomic mass is 35.5. The van der Waals surface area contributed by atoms with Crippen LogP contribution in [-0.2, 0) is 12.6 Å². The zero-order valence-electron chi connectivity index (χ0n) is 12.7. The van der Waals surface area contributed by atoms with E-state index in [2.05, 4.69) is 10.3 Å². The van der Waals surface area contributed by atoms with Gasteiger partial charge in [0.1, 0.15) is 12.4 Å². The normalized spacial score (nSPS) is 17.9. The number of imidazole rings is 1. The Kier molecular flexibility index (Phi) is 4.51. The molecule has 0 radical (unpaired) electrons. The van der Waals surface area contributed by atoms with E-state index in [-0.39, 0.29) is 24.4 Å². The van der Waals surface area contributed by atoms with Gasteiger partial charge >= 0.3 is 12.4 Å². The average Bonchev–Trinajstić information content (AvgIpc) is 2.96. The van der Waals surface area contributed by atoms with Crippen LogP contribution in [0.25, 0.3) is 0 Å². The number of rotatable bonds is 1. The van der Waals surface area contributed by atoms with E-state index in [1.54, 1.807) is 0 Å². The number of fused-ring (bicyclic) bond motifs is 1. The molecule has 0 bridgehead atoms. The van der Waals surface area contributed by atoms with Crippen molar-refractivity contribution in [2.45, 2.75) is 24.8 Å². The molecule has 11 heteroatoms. The van der Waals surface area contributed by atoms with E-state index in [1.165, 1.54) is 0 Å². The molecule has 1 unspecified atom stereocenters. The van der Waals surface area contributed by atoms with Crippen LogP contribution in [0, 0.1) is 0 Å². The smallest absolute Gasteiger partial charge is 0.301 e. The molecule has 0 aliphatic carbocycles. The van der Waals surface area contributed by atoms with Crippen LogP contribution in [0.5, 0.6) is 0 Å². The third-order valence-corrected chi connectivity index (χ3v) is 4.37. The van der Waals surface area contributed by atoms with Crippen molar-refractivity contribution in [3.63, 3.8) is 0 Å². The van der Waals surface area contributed by atoms with Gasteiger partial charge in [0.05, 0.1) is 27.5 Å². The Morgan fingerprint density at radius 1 is 1.23 bits per heavy atom. The van der Waals surface area contributed by atoms with E-state index in [0.29, 0.717) is 6.07 Å². The first kappa shape index (κ1) is 18.7. The van der Waals surface area contributed by atoms with E-state index in [0.717, 1.165) is 23.0 Å². The van der Waals surface area contributed by atoms with Crippen molar-refractivity contribution in [2.75, 3.05) is 6.54 Å². The Morgan fingerprint density at radius 3 is 2.54 bits per heavy atom. The minimum Gasteiger partial charge on any atom is -0.301 e. The van der Waals surface area contributed by atoms with Gasteiger partial charge in [-0.05, 0) is 12.1 Å². The number of hydrogen-bond donors (Lipinski definition) is 1. The summed E-state index contributed by atoms with van der Waals surface area (Å²) in [5.41, 5.74) is -2.05. The molecule has 1 aliphatic rings. The van der Waals surface area contributed by atoms with Gasteiger partial charge in [-0.2, -0.15) is 26.3 Å². The minimum absolute atomic E-state index is 0.00967. The lowest BCUT2D eigenvalue weighted by Crippen LogP contribution is -2.40. The van der Waals surface area contributed by atoms with Crippen LogP contribution in [0.3, 0.4) is 0 Å². The third kappa shape index (κ3) is 3.18. The van der Waals surface area contributed by atoms with Gasteiger partial charge in [0.25, 0.3) is 5.91 Å². The topological polar surface area (TPSA) is 46.9 Å². The molecule has 1 aromatic heterocycles. The van der Waals surface area contributed by atoms with Crippen molar-refractivity contribution < 1.29 is 31.1 Å². The van der Waals surface area contributed by atoms with Gasteiger partial charge in [0, 0.05) is 13.0 Å². The monoisotopic (exact) mass is 397 g/mol. The molecular formula is C15H10ClF6N3O. The Balaban J connectivity index is 2.05. The lowest BCUT2D eigenvalue weighted by molar-refractivity contribution is -0.159. The highest BCUT2D eigenvalue weighted by Gasteiger charge is 2.45. The maximum Gasteiger partial charge on any atom is 0.417 e. The van der Waals surface area contributed by atoms with Gasteiger partial charge in [0.15, 0.2) is 0 Å². The summed E-state index contributed by atoms with van der Waals surface area (Å²) < 4.78 is 78.8. The predicted octanol–water partition coefficient (Wildman–Crippen LogP) is 3.99. The molecule has 0 spiro atoms. The molecule has 140 valence electrons.